The van der Waals surface area contributed by atoms with Gasteiger partial charge in [0.05, 0.1) is 5.56 Å². The van der Waals surface area contributed by atoms with Crippen LogP contribution >= 0.6 is 11.3 Å². The van der Waals surface area contributed by atoms with Crippen LogP contribution in [0.3, 0.4) is 0 Å². The fraction of sp³-hybridized carbons (Fsp3) is 0.286. The van der Waals surface area contributed by atoms with Crippen LogP contribution in [0, 0.1) is 0 Å². The van der Waals surface area contributed by atoms with Crippen LogP contribution < -0.4 is 5.32 Å². The van der Waals surface area contributed by atoms with Gasteiger partial charge >= 0.3 is 0 Å². The van der Waals surface area contributed by atoms with Gasteiger partial charge in [-0.3, -0.25) is 9.69 Å². The summed E-state index contributed by atoms with van der Waals surface area (Å²) < 4.78 is 0. The van der Waals surface area contributed by atoms with Gasteiger partial charge in [-0.2, -0.15) is 11.3 Å². The van der Waals surface area contributed by atoms with Crippen LogP contribution in [0.15, 0.2) is 47.3 Å². The van der Waals surface area contributed by atoms with Crippen molar-refractivity contribution in [2.75, 3.05) is 25.0 Å². The Morgan fingerprint density at radius 1 is 1.35 bits per heavy atom. The molecule has 1 aliphatic rings. The Kier molecular flexibility index (Phi) is 4.91. The molecule has 3 aromatic rings. The number of hydrogen-bond donors (Lipinski definition) is 2. The first-order chi connectivity index (χ1) is 12.7. The van der Waals surface area contributed by atoms with E-state index in [-0.39, 0.29) is 5.91 Å². The number of carbonyl (C=O) groups is 1. The van der Waals surface area contributed by atoms with E-state index in [9.17, 15) is 4.79 Å². The summed E-state index contributed by atoms with van der Waals surface area (Å²) >= 11 is 1.53. The maximum Gasteiger partial charge on any atom is 0.256 e. The Labute approximate surface area is 157 Å². The summed E-state index contributed by atoms with van der Waals surface area (Å²) in [6.07, 6.45) is 6.71. The summed E-state index contributed by atoms with van der Waals surface area (Å²) in [5.74, 6) is -0.0604. The molecule has 0 fully saturated rings. The molecule has 1 amide bonds. The summed E-state index contributed by atoms with van der Waals surface area (Å²) in [4.78, 5) is 18.2. The van der Waals surface area contributed by atoms with Crippen LogP contribution in [0.5, 0.6) is 0 Å². The zero-order chi connectivity index (χ0) is 17.9. The lowest BCUT2D eigenvalue weighted by Gasteiger charge is -2.25. The fourth-order valence-corrected chi connectivity index (χ4v) is 4.17. The van der Waals surface area contributed by atoms with Gasteiger partial charge in [-0.1, -0.05) is 13.0 Å². The Balaban J connectivity index is 1.58. The molecule has 1 aromatic carbocycles. The number of hydrogen-bond acceptors (Lipinski definition) is 3. The zero-order valence-corrected chi connectivity index (χ0v) is 15.7. The van der Waals surface area contributed by atoms with Gasteiger partial charge in [0.1, 0.15) is 0 Å². The largest absolute Gasteiger partial charge is 0.361 e. The number of nitrogens with one attached hydrogen (secondary N) is 2. The van der Waals surface area contributed by atoms with Gasteiger partial charge in [0.25, 0.3) is 5.91 Å². The Morgan fingerprint density at radius 3 is 3.00 bits per heavy atom. The number of aromatic nitrogens is 1. The number of rotatable bonds is 5. The summed E-state index contributed by atoms with van der Waals surface area (Å²) in [5.41, 5.74) is 5.28. The molecule has 4 nitrogen and oxygen atoms in total. The third kappa shape index (κ3) is 3.45. The summed E-state index contributed by atoms with van der Waals surface area (Å²) in [7, 11) is 0. The number of anilines is 1. The molecule has 2 N–H and O–H groups in total. The van der Waals surface area contributed by atoms with Crippen LogP contribution in [0.4, 0.5) is 5.69 Å². The number of fused-ring (bicyclic) bond motifs is 1. The van der Waals surface area contributed by atoms with Gasteiger partial charge in [0.15, 0.2) is 0 Å². The summed E-state index contributed by atoms with van der Waals surface area (Å²) in [6.45, 7) is 5.52. The normalized spacial score (nSPS) is 15.2. The second-order valence-electron chi connectivity index (χ2n) is 6.71. The average Bonchev–Trinajstić information content (AvgIpc) is 3.32. The Hall–Kier alpha value is -2.37. The average molecular weight is 366 g/mol. The van der Waals surface area contributed by atoms with Gasteiger partial charge in [-0.25, -0.2) is 0 Å². The predicted molar refractivity (Wildman–Crippen MR) is 110 cm³/mol. The minimum atomic E-state index is -0.0604. The van der Waals surface area contributed by atoms with Crippen molar-refractivity contribution in [1.82, 2.24) is 9.88 Å². The quantitative estimate of drug-likeness (QED) is 0.670. The number of amides is 1. The van der Waals surface area contributed by atoms with Crippen LogP contribution in [0.25, 0.3) is 16.5 Å². The number of carbonyl (C=O) groups excluding carboxylic acids is 1. The molecular formula is C21H23N3OS. The lowest BCUT2D eigenvalue weighted by atomic mass is 9.98. The maximum atomic E-state index is 12.3. The molecule has 26 heavy (non-hydrogen) atoms. The predicted octanol–water partition coefficient (Wildman–Crippen LogP) is 4.98. The van der Waals surface area contributed by atoms with Gasteiger partial charge in [0.2, 0.25) is 0 Å². The first kappa shape index (κ1) is 17.1. The summed E-state index contributed by atoms with van der Waals surface area (Å²) in [5, 5.41) is 7.96. The van der Waals surface area contributed by atoms with Crippen LogP contribution in [0.1, 0.15) is 35.7 Å². The van der Waals surface area contributed by atoms with Crippen molar-refractivity contribution in [3.05, 3.63) is 58.4 Å². The Bertz CT molecular complexity index is 939. The number of H-pyrrole nitrogens is 1. The molecule has 0 saturated heterocycles. The van der Waals surface area contributed by atoms with Crippen molar-refractivity contribution in [3.8, 4) is 0 Å². The molecule has 134 valence electrons. The van der Waals surface area contributed by atoms with E-state index in [2.05, 4.69) is 40.5 Å². The van der Waals surface area contributed by atoms with E-state index in [0.717, 1.165) is 37.3 Å². The molecule has 1 aliphatic heterocycles. The number of thiophene rings is 1. The number of benzene rings is 1. The van der Waals surface area contributed by atoms with Crippen LogP contribution in [-0.2, 0) is 0 Å². The van der Waals surface area contributed by atoms with Crippen LogP contribution in [-0.4, -0.2) is 35.4 Å². The van der Waals surface area contributed by atoms with E-state index in [1.165, 1.54) is 34.3 Å². The molecule has 4 rings (SSSR count). The van der Waals surface area contributed by atoms with E-state index >= 15 is 0 Å². The van der Waals surface area contributed by atoms with Gasteiger partial charge in [-0.05, 0) is 54.6 Å². The first-order valence-corrected chi connectivity index (χ1v) is 10.1. The van der Waals surface area contributed by atoms with Crippen molar-refractivity contribution in [3.63, 3.8) is 0 Å². The van der Waals surface area contributed by atoms with E-state index in [0.29, 0.717) is 5.56 Å². The van der Waals surface area contributed by atoms with Gasteiger partial charge in [0, 0.05) is 46.8 Å². The molecule has 0 bridgehead atoms. The van der Waals surface area contributed by atoms with Gasteiger partial charge in [-0.15, -0.1) is 0 Å². The molecule has 0 atom stereocenters. The van der Waals surface area contributed by atoms with Crippen molar-refractivity contribution in [1.29, 1.82) is 0 Å². The van der Waals surface area contributed by atoms with Gasteiger partial charge < -0.3 is 10.3 Å². The lowest BCUT2D eigenvalue weighted by Crippen LogP contribution is -2.29. The maximum absolute atomic E-state index is 12.3. The topological polar surface area (TPSA) is 48.1 Å². The Morgan fingerprint density at radius 2 is 2.27 bits per heavy atom. The lowest BCUT2D eigenvalue weighted by molar-refractivity contribution is 0.102. The van der Waals surface area contributed by atoms with Crippen molar-refractivity contribution < 1.29 is 4.79 Å². The SMILES string of the molecule is CCCN1CC=C(c2c[nH]c3ccc(NC(=O)c4ccsc4)cc23)CC1. The standard InChI is InChI=1S/C21H23N3OS/c1-2-8-24-9-5-15(6-10-24)19-13-22-20-4-3-17(12-18(19)20)23-21(25)16-7-11-26-14-16/h3-5,7,11-14,22H,2,6,8-10H2,1H3,(H,23,25). The minimum absolute atomic E-state index is 0.0604. The first-order valence-electron chi connectivity index (χ1n) is 9.11. The highest BCUT2D eigenvalue weighted by atomic mass is 32.1. The molecule has 0 radical (unpaired) electrons. The molecule has 3 heterocycles. The molecule has 0 saturated carbocycles. The van der Waals surface area contributed by atoms with Crippen LogP contribution in [0.2, 0.25) is 0 Å². The third-order valence-electron chi connectivity index (χ3n) is 4.90. The van der Waals surface area contributed by atoms with Crippen molar-refractivity contribution >= 4 is 39.4 Å². The number of aromatic amines is 1. The highest BCUT2D eigenvalue weighted by Crippen LogP contribution is 2.31. The molecule has 5 heteroatoms. The van der Waals surface area contributed by atoms with E-state index in [1.54, 1.807) is 0 Å². The molecule has 2 aromatic heterocycles. The highest BCUT2D eigenvalue weighted by molar-refractivity contribution is 7.08. The second-order valence-corrected chi connectivity index (χ2v) is 7.49. The molecule has 0 aliphatic carbocycles. The monoisotopic (exact) mass is 365 g/mol. The molecule has 0 spiro atoms. The zero-order valence-electron chi connectivity index (χ0n) is 14.9. The minimum Gasteiger partial charge on any atom is -0.361 e. The number of nitrogens with zero attached hydrogens (tertiary/aromatic N) is 1. The van der Waals surface area contributed by atoms with Crippen molar-refractivity contribution in [2.45, 2.75) is 19.8 Å². The summed E-state index contributed by atoms with van der Waals surface area (Å²) in [6, 6.07) is 7.90. The molecular weight excluding hydrogens is 342 g/mol. The second kappa shape index (κ2) is 7.48. The van der Waals surface area contributed by atoms with Crippen molar-refractivity contribution in [2.24, 2.45) is 0 Å². The third-order valence-corrected chi connectivity index (χ3v) is 5.59. The van der Waals surface area contributed by atoms with E-state index in [4.69, 9.17) is 0 Å². The molecule has 0 unspecified atom stereocenters. The highest BCUT2D eigenvalue weighted by Gasteiger charge is 2.16. The fourth-order valence-electron chi connectivity index (χ4n) is 3.54. The smallest absolute Gasteiger partial charge is 0.256 e. The van der Waals surface area contributed by atoms with E-state index in [1.807, 2.05) is 29.0 Å². The van der Waals surface area contributed by atoms with E-state index < -0.39 is 0 Å².